The number of hydrogen-bond donors (Lipinski definition) is 2. The first-order chi connectivity index (χ1) is 12.0. The van der Waals surface area contributed by atoms with E-state index in [-0.39, 0.29) is 11.8 Å². The standard InChI is InChI=1S/C16H19N7O2/c1-22(2)15-17-14(25)16(18-15)5-7-23(8-6-16)13(24)10-3-4-11-12(9-10)20-21-19-11/h3-4,9H,5-8H2,1-2H3,(H,17,18,25)(H,19,20,21). The van der Waals surface area contributed by atoms with Gasteiger partial charge in [0, 0.05) is 32.7 Å². The Bertz CT molecular complexity index is 877. The van der Waals surface area contributed by atoms with Crippen LogP contribution in [0.4, 0.5) is 0 Å². The summed E-state index contributed by atoms with van der Waals surface area (Å²) in [4.78, 5) is 33.2. The summed E-state index contributed by atoms with van der Waals surface area (Å²) in [5.74, 6) is 0.448. The Morgan fingerprint density at radius 1 is 1.20 bits per heavy atom. The van der Waals surface area contributed by atoms with Crippen molar-refractivity contribution in [3.8, 4) is 0 Å². The number of carbonyl (C=O) groups excluding carboxylic acids is 2. The van der Waals surface area contributed by atoms with E-state index in [4.69, 9.17) is 0 Å². The normalized spacial score (nSPS) is 19.2. The van der Waals surface area contributed by atoms with E-state index in [0.29, 0.717) is 43.0 Å². The van der Waals surface area contributed by atoms with Gasteiger partial charge in [-0.25, -0.2) is 4.99 Å². The van der Waals surface area contributed by atoms with Gasteiger partial charge in [0.2, 0.25) is 5.96 Å². The zero-order valence-corrected chi connectivity index (χ0v) is 14.1. The molecule has 0 unspecified atom stereocenters. The summed E-state index contributed by atoms with van der Waals surface area (Å²) in [6, 6.07) is 5.26. The smallest absolute Gasteiger partial charge is 0.254 e. The van der Waals surface area contributed by atoms with Crippen LogP contribution in [0.2, 0.25) is 0 Å². The Labute approximate surface area is 144 Å². The molecule has 0 atom stereocenters. The van der Waals surface area contributed by atoms with Crippen LogP contribution in [0.15, 0.2) is 23.2 Å². The van der Waals surface area contributed by atoms with E-state index in [1.165, 1.54) is 0 Å². The van der Waals surface area contributed by atoms with Gasteiger partial charge in [0.05, 0.1) is 0 Å². The lowest BCUT2D eigenvalue weighted by Crippen LogP contribution is -2.50. The predicted octanol–water partition coefficient (Wildman–Crippen LogP) is -0.0199. The third-order valence-corrected chi connectivity index (χ3v) is 4.83. The van der Waals surface area contributed by atoms with Crippen molar-refractivity contribution < 1.29 is 9.59 Å². The van der Waals surface area contributed by atoms with Crippen molar-refractivity contribution in [1.29, 1.82) is 0 Å². The third kappa shape index (κ3) is 2.51. The van der Waals surface area contributed by atoms with Crippen molar-refractivity contribution >= 4 is 28.8 Å². The lowest BCUT2D eigenvalue weighted by Gasteiger charge is -2.35. The number of aliphatic imine (C=N–C) groups is 1. The molecule has 3 heterocycles. The Morgan fingerprint density at radius 3 is 2.60 bits per heavy atom. The van der Waals surface area contributed by atoms with Gasteiger partial charge in [0.25, 0.3) is 11.8 Å². The molecule has 9 nitrogen and oxygen atoms in total. The summed E-state index contributed by atoms with van der Waals surface area (Å²) in [7, 11) is 3.69. The number of benzene rings is 1. The minimum Gasteiger partial charge on any atom is -0.349 e. The number of likely N-dealkylation sites (tertiary alicyclic amines) is 1. The molecule has 2 aromatic rings. The van der Waals surface area contributed by atoms with E-state index in [9.17, 15) is 9.59 Å². The molecule has 25 heavy (non-hydrogen) atoms. The number of nitrogens with zero attached hydrogens (tertiary/aromatic N) is 5. The molecule has 4 rings (SSSR count). The van der Waals surface area contributed by atoms with E-state index >= 15 is 0 Å². The Balaban J connectivity index is 1.50. The largest absolute Gasteiger partial charge is 0.349 e. The van der Waals surface area contributed by atoms with Gasteiger partial charge < -0.3 is 9.80 Å². The lowest BCUT2D eigenvalue weighted by molar-refractivity contribution is -0.125. The molecule has 0 saturated carbocycles. The third-order valence-electron chi connectivity index (χ3n) is 4.83. The number of hydrogen-bond acceptors (Lipinski definition) is 6. The number of fused-ring (bicyclic) bond motifs is 1. The second kappa shape index (κ2) is 5.54. The summed E-state index contributed by atoms with van der Waals surface area (Å²) in [6.45, 7) is 0.987. The van der Waals surface area contributed by atoms with Gasteiger partial charge in [-0.3, -0.25) is 14.9 Å². The topological polar surface area (TPSA) is 107 Å². The van der Waals surface area contributed by atoms with Crippen molar-refractivity contribution in [3.63, 3.8) is 0 Å². The first-order valence-corrected chi connectivity index (χ1v) is 8.17. The molecule has 9 heteroatoms. The molecule has 0 aliphatic carbocycles. The molecule has 1 spiro atoms. The van der Waals surface area contributed by atoms with Gasteiger partial charge >= 0.3 is 0 Å². The minimum atomic E-state index is -0.744. The molecule has 2 aliphatic rings. The molecular formula is C16H19N7O2. The second-order valence-corrected chi connectivity index (χ2v) is 6.63. The summed E-state index contributed by atoms with van der Waals surface area (Å²) >= 11 is 0. The molecule has 2 N–H and O–H groups in total. The van der Waals surface area contributed by atoms with Crippen LogP contribution >= 0.6 is 0 Å². The van der Waals surface area contributed by atoms with Crippen LogP contribution < -0.4 is 5.32 Å². The van der Waals surface area contributed by atoms with E-state index in [1.807, 2.05) is 14.1 Å². The maximum Gasteiger partial charge on any atom is 0.254 e. The second-order valence-electron chi connectivity index (χ2n) is 6.63. The van der Waals surface area contributed by atoms with Crippen molar-refractivity contribution in [2.24, 2.45) is 4.99 Å². The fourth-order valence-corrected chi connectivity index (χ4v) is 3.29. The van der Waals surface area contributed by atoms with Crippen molar-refractivity contribution in [2.75, 3.05) is 27.2 Å². The number of aromatic nitrogens is 3. The molecule has 130 valence electrons. The van der Waals surface area contributed by atoms with Gasteiger partial charge in [-0.15, -0.1) is 0 Å². The van der Waals surface area contributed by atoms with Gasteiger partial charge in [0.1, 0.15) is 16.6 Å². The molecule has 0 bridgehead atoms. The number of aromatic amines is 1. The zero-order chi connectivity index (χ0) is 17.6. The van der Waals surface area contributed by atoms with Gasteiger partial charge in [-0.1, -0.05) is 0 Å². The molecule has 1 aromatic carbocycles. The van der Waals surface area contributed by atoms with Crippen LogP contribution in [0.1, 0.15) is 23.2 Å². The number of guanidine groups is 1. The van der Waals surface area contributed by atoms with Crippen molar-refractivity contribution in [1.82, 2.24) is 30.5 Å². The van der Waals surface area contributed by atoms with Crippen LogP contribution in [-0.2, 0) is 4.79 Å². The average molecular weight is 341 g/mol. The monoisotopic (exact) mass is 341 g/mol. The van der Waals surface area contributed by atoms with Crippen LogP contribution in [0, 0.1) is 0 Å². The fraction of sp³-hybridized carbons (Fsp3) is 0.438. The molecule has 1 aromatic heterocycles. The number of piperidine rings is 1. The maximum absolute atomic E-state index is 12.7. The number of H-pyrrole nitrogens is 1. The highest BCUT2D eigenvalue weighted by Gasteiger charge is 2.46. The zero-order valence-electron chi connectivity index (χ0n) is 14.1. The van der Waals surface area contributed by atoms with Crippen LogP contribution in [-0.4, -0.2) is 75.7 Å². The predicted molar refractivity (Wildman–Crippen MR) is 91.0 cm³/mol. The van der Waals surface area contributed by atoms with Crippen LogP contribution in [0.3, 0.4) is 0 Å². The van der Waals surface area contributed by atoms with E-state index in [0.717, 1.165) is 5.52 Å². The number of nitrogens with one attached hydrogen (secondary N) is 2. The molecule has 2 amide bonds. The minimum absolute atomic E-state index is 0.0602. The number of carbonyl (C=O) groups is 2. The Hall–Kier alpha value is -2.97. The van der Waals surface area contributed by atoms with E-state index in [2.05, 4.69) is 25.7 Å². The van der Waals surface area contributed by atoms with Crippen LogP contribution in [0.5, 0.6) is 0 Å². The quantitative estimate of drug-likeness (QED) is 0.758. The summed E-state index contributed by atoms with van der Waals surface area (Å²) in [5.41, 5.74) is 1.22. The number of rotatable bonds is 1. The van der Waals surface area contributed by atoms with Gasteiger partial charge in [-0.2, -0.15) is 15.4 Å². The van der Waals surface area contributed by atoms with Gasteiger partial charge in [-0.05, 0) is 31.0 Å². The highest BCUT2D eigenvalue weighted by molar-refractivity contribution is 6.07. The van der Waals surface area contributed by atoms with Crippen molar-refractivity contribution in [2.45, 2.75) is 18.4 Å². The average Bonchev–Trinajstić information content (AvgIpc) is 3.20. The van der Waals surface area contributed by atoms with E-state index in [1.54, 1.807) is 28.0 Å². The first-order valence-electron chi connectivity index (χ1n) is 8.17. The summed E-state index contributed by atoms with van der Waals surface area (Å²) in [5, 5.41) is 13.4. The highest BCUT2D eigenvalue weighted by Crippen LogP contribution is 2.31. The van der Waals surface area contributed by atoms with E-state index < -0.39 is 5.54 Å². The molecule has 0 radical (unpaired) electrons. The Kier molecular flexibility index (Phi) is 3.45. The highest BCUT2D eigenvalue weighted by atomic mass is 16.2. The first kappa shape index (κ1) is 15.6. The molecule has 2 aliphatic heterocycles. The molecule has 1 saturated heterocycles. The summed E-state index contributed by atoms with van der Waals surface area (Å²) < 4.78 is 0. The Morgan fingerprint density at radius 2 is 1.92 bits per heavy atom. The maximum atomic E-state index is 12.7. The molecular weight excluding hydrogens is 322 g/mol. The van der Waals surface area contributed by atoms with Gasteiger partial charge in [0.15, 0.2) is 0 Å². The SMILES string of the molecule is CN(C)C1=NC2(CCN(C(=O)c3ccc4n[nH]nc4c3)CC2)C(=O)N1. The molecule has 1 fully saturated rings. The summed E-state index contributed by atoms with van der Waals surface area (Å²) in [6.07, 6.45) is 1.04. The van der Waals surface area contributed by atoms with Crippen molar-refractivity contribution in [3.05, 3.63) is 23.8 Å². The van der Waals surface area contributed by atoms with Crippen LogP contribution in [0.25, 0.3) is 11.0 Å². The lowest BCUT2D eigenvalue weighted by atomic mass is 9.88. The number of amides is 2. The fourth-order valence-electron chi connectivity index (χ4n) is 3.29.